The van der Waals surface area contributed by atoms with Crippen molar-refractivity contribution >= 4 is 72.3 Å². The van der Waals surface area contributed by atoms with Gasteiger partial charge in [0.05, 0.1) is 0 Å². The number of benzene rings is 3. The van der Waals surface area contributed by atoms with E-state index in [0.717, 1.165) is 28.8 Å². The predicted molar refractivity (Wildman–Crippen MR) is 174 cm³/mol. The van der Waals surface area contributed by atoms with E-state index in [9.17, 15) is 19.2 Å². The maximum atomic E-state index is 12.7. The fourth-order valence-electron chi connectivity index (χ4n) is 4.26. The van der Waals surface area contributed by atoms with Crippen molar-refractivity contribution in [1.82, 2.24) is 0 Å². The van der Waals surface area contributed by atoms with Gasteiger partial charge in [-0.05, 0) is 59.5 Å². The molecule has 3 amide bonds. The summed E-state index contributed by atoms with van der Waals surface area (Å²) < 4.78 is 0. The Morgan fingerprint density at radius 3 is 2.02 bits per heavy atom. The molecule has 9 N–H and O–H groups in total. The van der Waals surface area contributed by atoms with Crippen LogP contribution in [0.1, 0.15) is 43.8 Å². The van der Waals surface area contributed by atoms with Crippen molar-refractivity contribution < 1.29 is 24.3 Å². The molecule has 0 aromatic heterocycles. The minimum atomic E-state index is -1.09. The van der Waals surface area contributed by atoms with Gasteiger partial charge in [-0.15, -0.1) is 37.2 Å². The van der Waals surface area contributed by atoms with Crippen LogP contribution in [0.4, 0.5) is 11.4 Å². The van der Waals surface area contributed by atoms with Gasteiger partial charge in [-0.3, -0.25) is 24.1 Å². The van der Waals surface area contributed by atoms with Crippen molar-refractivity contribution in [3.05, 3.63) is 94.5 Å². The molecular formula is C29H37Cl3N6O5. The first-order valence-corrected chi connectivity index (χ1v) is 12.7. The van der Waals surface area contributed by atoms with Crippen molar-refractivity contribution in [3.8, 4) is 0 Å². The second kappa shape index (κ2) is 18.7. The van der Waals surface area contributed by atoms with Gasteiger partial charge in [0.1, 0.15) is 6.54 Å². The van der Waals surface area contributed by atoms with Crippen molar-refractivity contribution in [2.75, 3.05) is 29.4 Å². The number of primary amides is 1. The molecular weight excluding hydrogens is 619 g/mol. The molecule has 43 heavy (non-hydrogen) atoms. The van der Waals surface area contributed by atoms with Crippen LogP contribution < -0.4 is 32.7 Å². The summed E-state index contributed by atoms with van der Waals surface area (Å²) in [7, 11) is 0. The molecule has 1 aliphatic rings. The number of hydrogen-bond donors (Lipinski definition) is 5. The molecule has 0 unspecified atom stereocenters. The molecule has 0 spiro atoms. The van der Waals surface area contributed by atoms with Gasteiger partial charge < -0.3 is 32.9 Å². The maximum absolute atomic E-state index is 12.7. The van der Waals surface area contributed by atoms with Gasteiger partial charge >= 0.3 is 5.97 Å². The third-order valence-electron chi connectivity index (χ3n) is 6.36. The Bertz CT molecular complexity index is 1390. The fraction of sp³-hybridized carbons (Fsp3) is 0.241. The Hall–Kier alpha value is -3.71. The molecule has 0 fully saturated rings. The standard InChI is InChI=1S/C17H19N3O3.C12H15N3O2.3ClH/c18-9-12-4-6-15(7-5-12)20(11-16(21)22)17(23)14-3-1-2-13(8-14)10-19;13-5-3-11(16)15-6-4-8-1-2-9(12(14)17)7-10(8)15;;;/h1-8H,9-11,18-19H2,(H,21,22);1-2,7H,3-6,13H2,(H2,14,17);3*1H. The fourth-order valence-corrected chi connectivity index (χ4v) is 4.26. The monoisotopic (exact) mass is 654 g/mol. The molecule has 3 aromatic carbocycles. The first kappa shape index (κ1) is 39.3. The largest absolute Gasteiger partial charge is 0.480 e. The highest BCUT2D eigenvalue weighted by molar-refractivity contribution is 6.08. The van der Waals surface area contributed by atoms with Crippen LogP contribution in [0.2, 0.25) is 0 Å². The Balaban J connectivity index is 0.000000795. The second-order valence-electron chi connectivity index (χ2n) is 9.10. The van der Waals surface area contributed by atoms with Crippen LogP contribution >= 0.6 is 37.2 Å². The van der Waals surface area contributed by atoms with Crippen LogP contribution in [0.25, 0.3) is 0 Å². The summed E-state index contributed by atoms with van der Waals surface area (Å²) >= 11 is 0. The first-order chi connectivity index (χ1) is 19.2. The van der Waals surface area contributed by atoms with Crippen LogP contribution in [-0.4, -0.2) is 48.4 Å². The van der Waals surface area contributed by atoms with E-state index in [-0.39, 0.29) is 49.0 Å². The first-order valence-electron chi connectivity index (χ1n) is 12.7. The summed E-state index contributed by atoms with van der Waals surface area (Å²) in [5.74, 6) is -1.96. The van der Waals surface area contributed by atoms with E-state index in [0.29, 0.717) is 49.4 Å². The summed E-state index contributed by atoms with van der Waals surface area (Å²) in [4.78, 5) is 49.6. The number of fused-ring (bicyclic) bond motifs is 1. The number of nitrogens with two attached hydrogens (primary N) is 4. The number of amides is 3. The van der Waals surface area contributed by atoms with Crippen LogP contribution in [0.3, 0.4) is 0 Å². The Morgan fingerprint density at radius 1 is 0.814 bits per heavy atom. The quantitative estimate of drug-likeness (QED) is 0.232. The van der Waals surface area contributed by atoms with E-state index in [1.165, 1.54) is 4.90 Å². The van der Waals surface area contributed by atoms with Crippen molar-refractivity contribution in [2.45, 2.75) is 25.9 Å². The molecule has 0 bridgehead atoms. The molecule has 0 atom stereocenters. The molecule has 14 heteroatoms. The predicted octanol–water partition coefficient (Wildman–Crippen LogP) is 2.62. The average molecular weight is 656 g/mol. The average Bonchev–Trinajstić information content (AvgIpc) is 3.39. The lowest BCUT2D eigenvalue weighted by Gasteiger charge is -2.21. The second-order valence-corrected chi connectivity index (χ2v) is 9.10. The molecule has 11 nitrogen and oxygen atoms in total. The number of hydrogen-bond acceptors (Lipinski definition) is 7. The molecule has 0 radical (unpaired) electrons. The van der Waals surface area contributed by atoms with Crippen molar-refractivity contribution in [3.63, 3.8) is 0 Å². The number of carboxylic acids is 1. The Labute approximate surface area is 268 Å². The van der Waals surface area contributed by atoms with Gasteiger partial charge in [-0.1, -0.05) is 30.3 Å². The lowest BCUT2D eigenvalue weighted by atomic mass is 10.1. The third-order valence-corrected chi connectivity index (χ3v) is 6.36. The zero-order valence-electron chi connectivity index (χ0n) is 23.3. The van der Waals surface area contributed by atoms with Crippen LogP contribution in [0.5, 0.6) is 0 Å². The summed E-state index contributed by atoms with van der Waals surface area (Å²) in [6.45, 7) is 1.25. The maximum Gasteiger partial charge on any atom is 0.323 e. The number of anilines is 2. The smallest absolute Gasteiger partial charge is 0.323 e. The van der Waals surface area contributed by atoms with Crippen molar-refractivity contribution in [2.24, 2.45) is 22.9 Å². The van der Waals surface area contributed by atoms with Gasteiger partial charge in [0.2, 0.25) is 11.8 Å². The van der Waals surface area contributed by atoms with E-state index in [1.807, 2.05) is 12.1 Å². The molecule has 0 aliphatic carbocycles. The topological polar surface area (TPSA) is 199 Å². The van der Waals surface area contributed by atoms with E-state index in [1.54, 1.807) is 59.5 Å². The number of carboxylic acid groups (broad SMARTS) is 1. The lowest BCUT2D eigenvalue weighted by molar-refractivity contribution is -0.135. The van der Waals surface area contributed by atoms with E-state index in [4.69, 9.17) is 28.0 Å². The molecule has 234 valence electrons. The molecule has 1 aliphatic heterocycles. The van der Waals surface area contributed by atoms with Crippen LogP contribution in [0, 0.1) is 0 Å². The Morgan fingerprint density at radius 2 is 1.47 bits per heavy atom. The van der Waals surface area contributed by atoms with Gasteiger partial charge in [-0.2, -0.15) is 0 Å². The SMILES string of the molecule is Cl.Cl.Cl.NCCC(=O)N1CCc2ccc(C(N)=O)cc21.NCc1ccc(N(CC(=O)O)C(=O)c2cccc(CN)c2)cc1. The summed E-state index contributed by atoms with van der Waals surface area (Å²) in [5, 5.41) is 9.11. The van der Waals surface area contributed by atoms with E-state index < -0.39 is 18.4 Å². The normalized spacial score (nSPS) is 10.9. The summed E-state index contributed by atoms with van der Waals surface area (Å²) in [6.07, 6.45) is 1.13. The zero-order chi connectivity index (χ0) is 29.2. The highest BCUT2D eigenvalue weighted by Gasteiger charge is 2.25. The molecule has 0 saturated carbocycles. The number of carbonyl (C=O) groups is 4. The molecule has 4 rings (SSSR count). The molecule has 0 saturated heterocycles. The molecule has 3 aromatic rings. The third kappa shape index (κ3) is 10.5. The van der Waals surface area contributed by atoms with Gasteiger partial charge in [0.25, 0.3) is 5.91 Å². The highest BCUT2D eigenvalue weighted by atomic mass is 35.5. The number of halogens is 3. The van der Waals surface area contributed by atoms with Gasteiger partial charge in [0.15, 0.2) is 0 Å². The number of aliphatic carboxylic acids is 1. The van der Waals surface area contributed by atoms with Crippen LogP contribution in [-0.2, 0) is 29.1 Å². The minimum Gasteiger partial charge on any atom is -0.480 e. The Kier molecular flexibility index (Phi) is 17.1. The highest BCUT2D eigenvalue weighted by Crippen LogP contribution is 2.29. The van der Waals surface area contributed by atoms with Crippen molar-refractivity contribution in [1.29, 1.82) is 0 Å². The zero-order valence-corrected chi connectivity index (χ0v) is 25.8. The molecule has 1 heterocycles. The summed E-state index contributed by atoms with van der Waals surface area (Å²) in [6, 6.07) is 19.0. The lowest BCUT2D eigenvalue weighted by Crippen LogP contribution is -2.35. The number of rotatable bonds is 9. The van der Waals surface area contributed by atoms with Crippen LogP contribution in [0.15, 0.2) is 66.7 Å². The minimum absolute atomic E-state index is 0. The summed E-state index contributed by atoms with van der Waals surface area (Å²) in [5.41, 5.74) is 26.6. The number of carbonyl (C=O) groups excluding carboxylic acids is 3. The van der Waals surface area contributed by atoms with Gasteiger partial charge in [-0.25, -0.2) is 0 Å². The van der Waals surface area contributed by atoms with Gasteiger partial charge in [0, 0.05) is 55.1 Å². The van der Waals surface area contributed by atoms with E-state index in [2.05, 4.69) is 0 Å². The number of nitrogens with zero attached hydrogens (tertiary/aromatic N) is 2. The van der Waals surface area contributed by atoms with E-state index >= 15 is 0 Å².